The van der Waals surface area contributed by atoms with Gasteiger partial charge in [0.1, 0.15) is 5.75 Å². The standard InChI is InChI=1S/C14H20O2/c15-13-10-6-5-9-12(13)14(16)11-7-3-1-2-4-8-11/h5-6,9-11,14-16H,1-4,7-8H2. The molecule has 88 valence electrons. The number of phenols is 1. The fraction of sp³-hybridized carbons (Fsp3) is 0.571. The molecule has 1 aliphatic rings. The first kappa shape index (κ1) is 11.5. The first-order valence-electron chi connectivity index (χ1n) is 6.25. The SMILES string of the molecule is Oc1ccccc1C(O)C1CCCCCC1. The minimum Gasteiger partial charge on any atom is -0.508 e. The van der Waals surface area contributed by atoms with Crippen LogP contribution in [0, 0.1) is 5.92 Å². The molecule has 0 aliphatic heterocycles. The van der Waals surface area contributed by atoms with E-state index < -0.39 is 6.10 Å². The minimum absolute atomic E-state index is 0.222. The molecule has 16 heavy (non-hydrogen) atoms. The molecule has 2 rings (SSSR count). The first-order chi connectivity index (χ1) is 7.79. The second-order valence-corrected chi connectivity index (χ2v) is 4.76. The molecule has 2 heteroatoms. The van der Waals surface area contributed by atoms with E-state index in [0.717, 1.165) is 12.8 Å². The van der Waals surface area contributed by atoms with Gasteiger partial charge in [0.15, 0.2) is 0 Å². The summed E-state index contributed by atoms with van der Waals surface area (Å²) >= 11 is 0. The van der Waals surface area contributed by atoms with Crippen LogP contribution >= 0.6 is 0 Å². The van der Waals surface area contributed by atoms with Crippen LogP contribution in [-0.2, 0) is 0 Å². The fourth-order valence-electron chi connectivity index (χ4n) is 2.62. The van der Waals surface area contributed by atoms with Crippen molar-refractivity contribution in [2.45, 2.75) is 44.6 Å². The monoisotopic (exact) mass is 220 g/mol. The second kappa shape index (κ2) is 5.35. The molecule has 2 nitrogen and oxygen atoms in total. The summed E-state index contributed by atoms with van der Waals surface area (Å²) in [5.41, 5.74) is 0.689. The van der Waals surface area contributed by atoms with Crippen molar-refractivity contribution in [2.75, 3.05) is 0 Å². The second-order valence-electron chi connectivity index (χ2n) is 4.76. The third-order valence-corrected chi connectivity index (χ3v) is 3.60. The molecule has 1 unspecified atom stereocenters. The summed E-state index contributed by atoms with van der Waals surface area (Å²) in [6.45, 7) is 0. The smallest absolute Gasteiger partial charge is 0.121 e. The van der Waals surface area contributed by atoms with Crippen molar-refractivity contribution in [3.63, 3.8) is 0 Å². The molecule has 1 aromatic rings. The van der Waals surface area contributed by atoms with Gasteiger partial charge in [-0.2, -0.15) is 0 Å². The lowest BCUT2D eigenvalue weighted by Gasteiger charge is -2.22. The Morgan fingerprint density at radius 3 is 2.25 bits per heavy atom. The number of hydrogen-bond acceptors (Lipinski definition) is 2. The Bertz CT molecular complexity index is 327. The molecule has 1 fully saturated rings. The van der Waals surface area contributed by atoms with Gasteiger partial charge in [-0.1, -0.05) is 43.9 Å². The number of aliphatic hydroxyl groups is 1. The van der Waals surface area contributed by atoms with Crippen molar-refractivity contribution >= 4 is 0 Å². The van der Waals surface area contributed by atoms with Crippen molar-refractivity contribution in [3.05, 3.63) is 29.8 Å². The maximum Gasteiger partial charge on any atom is 0.121 e. The molecule has 2 N–H and O–H groups in total. The van der Waals surface area contributed by atoms with Gasteiger partial charge in [-0.25, -0.2) is 0 Å². The Hall–Kier alpha value is -1.02. The Balaban J connectivity index is 2.11. The zero-order valence-corrected chi connectivity index (χ0v) is 9.60. The van der Waals surface area contributed by atoms with Crippen molar-refractivity contribution in [2.24, 2.45) is 5.92 Å². The highest BCUT2D eigenvalue weighted by molar-refractivity contribution is 5.33. The predicted molar refractivity (Wildman–Crippen MR) is 64.3 cm³/mol. The van der Waals surface area contributed by atoms with Gasteiger partial charge in [0.25, 0.3) is 0 Å². The molecule has 0 spiro atoms. The molecule has 0 bridgehead atoms. The van der Waals surface area contributed by atoms with Crippen molar-refractivity contribution in [1.29, 1.82) is 0 Å². The zero-order chi connectivity index (χ0) is 11.4. The molecule has 0 radical (unpaired) electrons. The number of hydrogen-bond donors (Lipinski definition) is 2. The molecular weight excluding hydrogens is 200 g/mol. The van der Waals surface area contributed by atoms with E-state index in [2.05, 4.69) is 0 Å². The average molecular weight is 220 g/mol. The van der Waals surface area contributed by atoms with Crippen LogP contribution in [0.1, 0.15) is 50.2 Å². The summed E-state index contributed by atoms with van der Waals surface area (Å²) < 4.78 is 0. The molecule has 1 aliphatic carbocycles. The van der Waals surface area contributed by atoms with Crippen LogP contribution < -0.4 is 0 Å². The van der Waals surface area contributed by atoms with Gasteiger partial charge >= 0.3 is 0 Å². The van der Waals surface area contributed by atoms with E-state index in [1.54, 1.807) is 12.1 Å². The molecule has 0 aromatic heterocycles. The summed E-state index contributed by atoms with van der Waals surface area (Å²) in [4.78, 5) is 0. The van der Waals surface area contributed by atoms with Gasteiger partial charge in [-0.3, -0.25) is 0 Å². The van der Waals surface area contributed by atoms with E-state index in [-0.39, 0.29) is 5.75 Å². The highest BCUT2D eigenvalue weighted by Gasteiger charge is 2.23. The van der Waals surface area contributed by atoms with Crippen LogP contribution in [-0.4, -0.2) is 10.2 Å². The normalized spacial score (nSPS) is 20.3. The Morgan fingerprint density at radius 2 is 1.62 bits per heavy atom. The van der Waals surface area contributed by atoms with Gasteiger partial charge in [0.05, 0.1) is 6.10 Å². The molecule has 0 saturated heterocycles. The van der Waals surface area contributed by atoms with E-state index >= 15 is 0 Å². The Kier molecular flexibility index (Phi) is 3.83. The number of aliphatic hydroxyl groups excluding tert-OH is 1. The van der Waals surface area contributed by atoms with Crippen molar-refractivity contribution in [1.82, 2.24) is 0 Å². The van der Waals surface area contributed by atoms with E-state index in [9.17, 15) is 10.2 Å². The van der Waals surface area contributed by atoms with Gasteiger partial charge in [0, 0.05) is 5.56 Å². The number of para-hydroxylation sites is 1. The van der Waals surface area contributed by atoms with Crippen LogP contribution in [0.2, 0.25) is 0 Å². The lowest BCUT2D eigenvalue weighted by Crippen LogP contribution is -2.12. The van der Waals surface area contributed by atoms with E-state index in [0.29, 0.717) is 11.5 Å². The van der Waals surface area contributed by atoms with Crippen LogP contribution in [0.3, 0.4) is 0 Å². The number of benzene rings is 1. The van der Waals surface area contributed by atoms with Gasteiger partial charge < -0.3 is 10.2 Å². The third kappa shape index (κ3) is 2.56. The maximum absolute atomic E-state index is 10.3. The number of phenolic OH excluding ortho intramolecular Hbond substituents is 1. The fourth-order valence-corrected chi connectivity index (χ4v) is 2.62. The molecular formula is C14H20O2. The third-order valence-electron chi connectivity index (χ3n) is 3.60. The summed E-state index contributed by atoms with van der Waals surface area (Å²) in [7, 11) is 0. The predicted octanol–water partition coefficient (Wildman–Crippen LogP) is 3.40. The summed E-state index contributed by atoms with van der Waals surface area (Å²) in [5.74, 6) is 0.537. The number of rotatable bonds is 2. The Labute approximate surface area is 96.9 Å². The zero-order valence-electron chi connectivity index (χ0n) is 9.60. The summed E-state index contributed by atoms with van der Waals surface area (Å²) in [5, 5.41) is 20.0. The molecule has 1 aromatic carbocycles. The van der Waals surface area contributed by atoms with Crippen molar-refractivity contribution in [3.8, 4) is 5.75 Å². The van der Waals surface area contributed by atoms with Gasteiger partial charge in [-0.05, 0) is 24.8 Å². The highest BCUT2D eigenvalue weighted by Crippen LogP contribution is 2.36. The molecule has 0 heterocycles. The van der Waals surface area contributed by atoms with Gasteiger partial charge in [-0.15, -0.1) is 0 Å². The first-order valence-corrected chi connectivity index (χ1v) is 6.25. The highest BCUT2D eigenvalue weighted by atomic mass is 16.3. The van der Waals surface area contributed by atoms with E-state index in [1.807, 2.05) is 12.1 Å². The van der Waals surface area contributed by atoms with E-state index in [1.165, 1.54) is 25.7 Å². The van der Waals surface area contributed by atoms with Gasteiger partial charge in [0.2, 0.25) is 0 Å². The number of aromatic hydroxyl groups is 1. The molecule has 1 atom stereocenters. The summed E-state index contributed by atoms with van der Waals surface area (Å²) in [6, 6.07) is 7.13. The molecule has 0 amide bonds. The lowest BCUT2D eigenvalue weighted by atomic mass is 9.89. The average Bonchev–Trinajstić information content (AvgIpc) is 2.57. The largest absolute Gasteiger partial charge is 0.508 e. The Morgan fingerprint density at radius 1 is 1.00 bits per heavy atom. The van der Waals surface area contributed by atoms with Crippen LogP contribution in [0.15, 0.2) is 24.3 Å². The van der Waals surface area contributed by atoms with E-state index in [4.69, 9.17) is 0 Å². The van der Waals surface area contributed by atoms with Crippen LogP contribution in [0.25, 0.3) is 0 Å². The summed E-state index contributed by atoms with van der Waals surface area (Å²) in [6.07, 6.45) is 6.63. The lowest BCUT2D eigenvalue weighted by molar-refractivity contribution is 0.0963. The quantitative estimate of drug-likeness (QED) is 0.750. The topological polar surface area (TPSA) is 40.5 Å². The maximum atomic E-state index is 10.3. The van der Waals surface area contributed by atoms with Crippen LogP contribution in [0.5, 0.6) is 5.75 Å². The van der Waals surface area contributed by atoms with Crippen molar-refractivity contribution < 1.29 is 10.2 Å². The van der Waals surface area contributed by atoms with Crippen LogP contribution in [0.4, 0.5) is 0 Å². The minimum atomic E-state index is -0.501. The molecule has 1 saturated carbocycles.